The molecule has 1 aliphatic carbocycles. The molecule has 1 saturated carbocycles. The first-order valence-electron chi connectivity index (χ1n) is 13.7. The summed E-state index contributed by atoms with van der Waals surface area (Å²) in [4.78, 5) is 29.6. The minimum atomic E-state index is -3.85. The summed E-state index contributed by atoms with van der Waals surface area (Å²) in [5.41, 5.74) is 2.71. The summed E-state index contributed by atoms with van der Waals surface area (Å²) >= 11 is 15.9. The minimum Gasteiger partial charge on any atom is -0.352 e. The van der Waals surface area contributed by atoms with E-state index in [1.807, 2.05) is 37.3 Å². The first-order chi connectivity index (χ1) is 19.9. The zero-order valence-corrected chi connectivity index (χ0v) is 27.4. The Morgan fingerprint density at radius 1 is 0.976 bits per heavy atom. The number of carbonyl (C=O) groups excluding carboxylic acids is 2. The van der Waals surface area contributed by atoms with Crippen molar-refractivity contribution in [1.82, 2.24) is 10.2 Å². The molecule has 0 aromatic heterocycles. The van der Waals surface area contributed by atoms with Crippen LogP contribution < -0.4 is 9.62 Å². The van der Waals surface area contributed by atoms with Crippen LogP contribution in [0.4, 0.5) is 5.69 Å². The fourth-order valence-corrected chi connectivity index (χ4v) is 6.56. The third-order valence-electron chi connectivity index (χ3n) is 7.42. The number of anilines is 1. The van der Waals surface area contributed by atoms with Gasteiger partial charge in [0.05, 0.1) is 22.0 Å². The molecule has 0 spiro atoms. The topological polar surface area (TPSA) is 86.8 Å². The second kappa shape index (κ2) is 14.3. The highest BCUT2D eigenvalue weighted by molar-refractivity contribution is 9.10. The summed E-state index contributed by atoms with van der Waals surface area (Å²) in [6.45, 7) is 1.39. The van der Waals surface area contributed by atoms with Crippen molar-refractivity contribution in [2.75, 3.05) is 17.1 Å². The number of hydrogen-bond acceptors (Lipinski definition) is 4. The van der Waals surface area contributed by atoms with Crippen LogP contribution in [0.5, 0.6) is 0 Å². The van der Waals surface area contributed by atoms with Crippen LogP contribution in [0.25, 0.3) is 0 Å². The van der Waals surface area contributed by atoms with E-state index >= 15 is 0 Å². The van der Waals surface area contributed by atoms with E-state index in [4.69, 9.17) is 23.2 Å². The molecule has 0 unspecified atom stereocenters. The molecule has 3 aromatic carbocycles. The van der Waals surface area contributed by atoms with Crippen LogP contribution in [0.3, 0.4) is 0 Å². The molecule has 1 fully saturated rings. The van der Waals surface area contributed by atoms with Gasteiger partial charge in [0.1, 0.15) is 12.6 Å². The number of aryl methyl sites for hydroxylation is 1. The van der Waals surface area contributed by atoms with Crippen molar-refractivity contribution in [1.29, 1.82) is 0 Å². The molecule has 1 aliphatic rings. The summed E-state index contributed by atoms with van der Waals surface area (Å²) < 4.78 is 27.9. The molecule has 1 N–H and O–H groups in total. The maximum Gasteiger partial charge on any atom is 0.244 e. The van der Waals surface area contributed by atoms with Crippen molar-refractivity contribution >= 4 is 66.7 Å². The number of carbonyl (C=O) groups is 2. The van der Waals surface area contributed by atoms with Gasteiger partial charge in [-0.15, -0.1) is 0 Å². The minimum absolute atomic E-state index is 0.0300. The number of amides is 2. The maximum atomic E-state index is 14.2. The SMILES string of the molecule is Cc1cc(N(CC(=O)N(Cc2ccc(Cl)c(Cl)c2)[C@@H](Cc2ccccc2)C(=O)NC2CCCC2)S(C)(=O)=O)ccc1Br. The molecule has 0 aliphatic heterocycles. The van der Waals surface area contributed by atoms with Gasteiger partial charge >= 0.3 is 0 Å². The number of benzene rings is 3. The first-order valence-corrected chi connectivity index (χ1v) is 17.1. The van der Waals surface area contributed by atoms with Gasteiger partial charge in [0.15, 0.2) is 0 Å². The Labute approximate surface area is 266 Å². The number of rotatable bonds is 11. The van der Waals surface area contributed by atoms with E-state index in [0.717, 1.165) is 51.8 Å². The highest BCUT2D eigenvalue weighted by Crippen LogP contribution is 2.27. The van der Waals surface area contributed by atoms with Gasteiger partial charge in [-0.3, -0.25) is 13.9 Å². The molecule has 0 saturated heterocycles. The van der Waals surface area contributed by atoms with Crippen molar-refractivity contribution in [3.05, 3.63) is 97.9 Å². The lowest BCUT2D eigenvalue weighted by Gasteiger charge is -2.34. The van der Waals surface area contributed by atoms with E-state index in [1.54, 1.807) is 36.4 Å². The molecule has 3 aromatic rings. The van der Waals surface area contributed by atoms with Crippen LogP contribution in [0, 0.1) is 6.92 Å². The summed E-state index contributed by atoms with van der Waals surface area (Å²) in [6.07, 6.45) is 5.16. The van der Waals surface area contributed by atoms with Gasteiger partial charge in [0.2, 0.25) is 21.8 Å². The lowest BCUT2D eigenvalue weighted by atomic mass is 10.0. The number of hydrogen-bond donors (Lipinski definition) is 1. The standard InChI is InChI=1S/C31H34BrCl2N3O4S/c1-21-16-25(13-14-26(21)32)37(42(2,40)41)20-30(38)36(19-23-12-15-27(33)28(34)17-23)29(18-22-8-4-3-5-9-22)31(39)35-24-10-6-7-11-24/h3-5,8-9,12-17,24,29H,6-7,10-11,18-20H2,1-2H3,(H,35,39)/t29-/m0/s1. The van der Waals surface area contributed by atoms with Crippen LogP contribution in [0.1, 0.15) is 42.4 Å². The van der Waals surface area contributed by atoms with Gasteiger partial charge in [-0.05, 0) is 66.8 Å². The molecule has 4 rings (SSSR count). The average molecular weight is 696 g/mol. The van der Waals surface area contributed by atoms with E-state index in [9.17, 15) is 18.0 Å². The van der Waals surface area contributed by atoms with Crippen LogP contribution in [0.2, 0.25) is 10.0 Å². The maximum absolute atomic E-state index is 14.2. The Balaban J connectivity index is 1.74. The number of nitrogens with one attached hydrogen (secondary N) is 1. The van der Waals surface area contributed by atoms with Crippen molar-refractivity contribution in [3.8, 4) is 0 Å². The summed E-state index contributed by atoms with van der Waals surface area (Å²) in [5.74, 6) is -0.792. The summed E-state index contributed by atoms with van der Waals surface area (Å²) in [7, 11) is -3.85. The quantitative estimate of drug-likeness (QED) is 0.247. The first kappa shape index (κ1) is 32.3. The third-order valence-corrected chi connectivity index (χ3v) is 10.2. The molecule has 224 valence electrons. The molecular formula is C31H34BrCl2N3O4S. The van der Waals surface area contributed by atoms with Crippen LogP contribution in [-0.2, 0) is 32.6 Å². The predicted molar refractivity (Wildman–Crippen MR) is 172 cm³/mol. The Morgan fingerprint density at radius 3 is 2.29 bits per heavy atom. The van der Waals surface area contributed by atoms with Crippen LogP contribution in [-0.4, -0.2) is 50.0 Å². The zero-order valence-electron chi connectivity index (χ0n) is 23.5. The Kier molecular flexibility index (Phi) is 11.0. The van der Waals surface area contributed by atoms with Gasteiger partial charge in [-0.1, -0.05) is 88.4 Å². The largest absolute Gasteiger partial charge is 0.352 e. The van der Waals surface area contributed by atoms with E-state index in [-0.39, 0.29) is 24.9 Å². The van der Waals surface area contributed by atoms with Crippen LogP contribution in [0.15, 0.2) is 71.2 Å². The fraction of sp³-hybridized carbons (Fsp3) is 0.355. The van der Waals surface area contributed by atoms with Gasteiger partial charge in [0, 0.05) is 23.5 Å². The Hall–Kier alpha value is -2.59. The second-order valence-corrected chi connectivity index (χ2v) is 14.2. The average Bonchev–Trinajstić information content (AvgIpc) is 3.45. The van der Waals surface area contributed by atoms with E-state index in [1.165, 1.54) is 4.90 Å². The molecule has 0 heterocycles. The van der Waals surface area contributed by atoms with Crippen molar-refractivity contribution in [3.63, 3.8) is 0 Å². The van der Waals surface area contributed by atoms with Crippen molar-refractivity contribution in [2.45, 2.75) is 57.7 Å². The van der Waals surface area contributed by atoms with E-state index < -0.39 is 28.5 Å². The normalized spacial score (nSPS) is 14.4. The predicted octanol–water partition coefficient (Wildman–Crippen LogP) is 6.53. The molecule has 2 amide bonds. The molecule has 1 atom stereocenters. The molecule has 0 bridgehead atoms. The molecule has 7 nitrogen and oxygen atoms in total. The monoisotopic (exact) mass is 693 g/mol. The Morgan fingerprint density at radius 2 is 1.67 bits per heavy atom. The van der Waals surface area contributed by atoms with Gasteiger partial charge in [-0.2, -0.15) is 0 Å². The smallest absolute Gasteiger partial charge is 0.244 e. The second-order valence-electron chi connectivity index (χ2n) is 10.7. The van der Waals surface area contributed by atoms with Gasteiger partial charge < -0.3 is 10.2 Å². The fourth-order valence-electron chi connectivity index (χ4n) is 5.15. The lowest BCUT2D eigenvalue weighted by Crippen LogP contribution is -2.54. The van der Waals surface area contributed by atoms with E-state index in [2.05, 4.69) is 21.2 Å². The highest BCUT2D eigenvalue weighted by Gasteiger charge is 2.34. The Bertz CT molecular complexity index is 1530. The number of sulfonamides is 1. The zero-order chi connectivity index (χ0) is 30.4. The molecule has 42 heavy (non-hydrogen) atoms. The van der Waals surface area contributed by atoms with Gasteiger partial charge in [0.25, 0.3) is 0 Å². The summed E-state index contributed by atoms with van der Waals surface area (Å²) in [5, 5.41) is 3.84. The molecule has 11 heteroatoms. The number of nitrogens with zero attached hydrogens (tertiary/aromatic N) is 2. The highest BCUT2D eigenvalue weighted by atomic mass is 79.9. The van der Waals surface area contributed by atoms with Crippen molar-refractivity contribution in [2.24, 2.45) is 0 Å². The van der Waals surface area contributed by atoms with Gasteiger partial charge in [-0.25, -0.2) is 8.42 Å². The lowest BCUT2D eigenvalue weighted by molar-refractivity contribution is -0.140. The van der Waals surface area contributed by atoms with E-state index in [0.29, 0.717) is 21.3 Å². The number of halogens is 3. The molecular weight excluding hydrogens is 661 g/mol. The molecule has 0 radical (unpaired) electrons. The third kappa shape index (κ3) is 8.49. The van der Waals surface area contributed by atoms with Crippen LogP contribution >= 0.6 is 39.1 Å². The summed E-state index contributed by atoms with van der Waals surface area (Å²) in [6, 6.07) is 18.7. The van der Waals surface area contributed by atoms with Crippen molar-refractivity contribution < 1.29 is 18.0 Å².